The number of nitrogens with zero attached hydrogens (tertiary/aromatic N) is 1. The van der Waals surface area contributed by atoms with Crippen LogP contribution in [0.3, 0.4) is 0 Å². The van der Waals surface area contributed by atoms with Gasteiger partial charge >= 0.3 is 0 Å². The Balaban J connectivity index is 1.95. The third-order valence-corrected chi connectivity index (χ3v) is 3.13. The molecular weight excluding hydrogens is 212 g/mol. The maximum atomic E-state index is 9.38. The summed E-state index contributed by atoms with van der Waals surface area (Å²) in [7, 11) is 0. The molecule has 0 spiro atoms. The van der Waals surface area contributed by atoms with E-state index in [1.54, 1.807) is 12.4 Å². The van der Waals surface area contributed by atoms with Crippen LogP contribution < -0.4 is 5.32 Å². The molecule has 0 radical (unpaired) electrons. The summed E-state index contributed by atoms with van der Waals surface area (Å²) in [5.74, 6) is 0. The van der Waals surface area contributed by atoms with Crippen LogP contribution in [0, 0.1) is 0 Å². The fourth-order valence-corrected chi connectivity index (χ4v) is 2.11. The minimum atomic E-state index is -0.115. The standard InChI is InChI=1S/C11H15ClN2O/c12-10-7-13-6-5-11(10)14-8-1-3-9(15)4-2-8/h5-9,15H,1-4H2,(H,13,14). The van der Waals surface area contributed by atoms with Gasteiger partial charge in [0.15, 0.2) is 0 Å². The summed E-state index contributed by atoms with van der Waals surface area (Å²) in [6.07, 6.45) is 7.00. The first-order valence-corrected chi connectivity index (χ1v) is 5.67. The van der Waals surface area contributed by atoms with Crippen LogP contribution in [-0.4, -0.2) is 22.2 Å². The third kappa shape index (κ3) is 2.83. The molecule has 15 heavy (non-hydrogen) atoms. The first-order valence-electron chi connectivity index (χ1n) is 5.30. The van der Waals surface area contributed by atoms with Crippen molar-refractivity contribution in [2.45, 2.75) is 37.8 Å². The fraction of sp³-hybridized carbons (Fsp3) is 0.545. The van der Waals surface area contributed by atoms with Crippen LogP contribution in [0.4, 0.5) is 5.69 Å². The number of hydrogen-bond acceptors (Lipinski definition) is 3. The molecule has 82 valence electrons. The predicted molar refractivity (Wildman–Crippen MR) is 61.1 cm³/mol. The molecule has 1 saturated carbocycles. The molecular formula is C11H15ClN2O. The molecule has 0 amide bonds. The lowest BCUT2D eigenvalue weighted by molar-refractivity contribution is 0.126. The van der Waals surface area contributed by atoms with Gasteiger partial charge in [-0.05, 0) is 31.7 Å². The van der Waals surface area contributed by atoms with Gasteiger partial charge in [0, 0.05) is 18.4 Å². The molecule has 1 aromatic heterocycles. The quantitative estimate of drug-likeness (QED) is 0.814. The molecule has 0 atom stereocenters. The van der Waals surface area contributed by atoms with Gasteiger partial charge in [0.25, 0.3) is 0 Å². The van der Waals surface area contributed by atoms with E-state index in [9.17, 15) is 5.11 Å². The van der Waals surface area contributed by atoms with Gasteiger partial charge in [-0.1, -0.05) is 11.6 Å². The van der Waals surface area contributed by atoms with Crippen molar-refractivity contribution in [3.05, 3.63) is 23.5 Å². The summed E-state index contributed by atoms with van der Waals surface area (Å²) in [6, 6.07) is 2.31. The summed E-state index contributed by atoms with van der Waals surface area (Å²) >= 11 is 6.00. The van der Waals surface area contributed by atoms with E-state index in [0.29, 0.717) is 11.1 Å². The van der Waals surface area contributed by atoms with E-state index in [0.717, 1.165) is 31.4 Å². The molecule has 0 saturated heterocycles. The number of aliphatic hydroxyl groups is 1. The van der Waals surface area contributed by atoms with Gasteiger partial charge in [0.05, 0.1) is 16.8 Å². The Kier molecular flexibility index (Phi) is 3.44. The molecule has 1 aromatic rings. The lowest BCUT2D eigenvalue weighted by Crippen LogP contribution is -2.28. The predicted octanol–water partition coefficient (Wildman–Crippen LogP) is 2.45. The van der Waals surface area contributed by atoms with Crippen LogP contribution in [0.25, 0.3) is 0 Å². The zero-order valence-electron chi connectivity index (χ0n) is 8.49. The number of pyridine rings is 1. The van der Waals surface area contributed by atoms with Crippen molar-refractivity contribution in [2.24, 2.45) is 0 Å². The largest absolute Gasteiger partial charge is 0.393 e. The zero-order chi connectivity index (χ0) is 10.7. The van der Waals surface area contributed by atoms with Crippen LogP contribution in [0.5, 0.6) is 0 Å². The van der Waals surface area contributed by atoms with Crippen LogP contribution in [0.2, 0.25) is 5.02 Å². The molecule has 2 rings (SSSR count). The lowest BCUT2D eigenvalue weighted by atomic mass is 9.93. The van der Waals surface area contributed by atoms with Gasteiger partial charge in [0.2, 0.25) is 0 Å². The maximum absolute atomic E-state index is 9.38. The molecule has 1 fully saturated rings. The van der Waals surface area contributed by atoms with E-state index >= 15 is 0 Å². The van der Waals surface area contributed by atoms with E-state index in [1.807, 2.05) is 6.07 Å². The van der Waals surface area contributed by atoms with Gasteiger partial charge in [-0.3, -0.25) is 4.98 Å². The average Bonchev–Trinajstić information content (AvgIpc) is 2.25. The highest BCUT2D eigenvalue weighted by molar-refractivity contribution is 6.33. The van der Waals surface area contributed by atoms with E-state index in [-0.39, 0.29) is 6.10 Å². The lowest BCUT2D eigenvalue weighted by Gasteiger charge is -2.27. The molecule has 4 heteroatoms. The fourth-order valence-electron chi connectivity index (χ4n) is 1.93. The molecule has 1 aliphatic carbocycles. The molecule has 0 aliphatic heterocycles. The second-order valence-electron chi connectivity index (χ2n) is 4.01. The van der Waals surface area contributed by atoms with Crippen molar-refractivity contribution in [1.82, 2.24) is 4.98 Å². The second-order valence-corrected chi connectivity index (χ2v) is 4.41. The molecule has 0 unspecified atom stereocenters. The Morgan fingerprint density at radius 1 is 1.33 bits per heavy atom. The highest BCUT2D eigenvalue weighted by Crippen LogP contribution is 2.25. The second kappa shape index (κ2) is 4.81. The Labute approximate surface area is 94.5 Å². The van der Waals surface area contributed by atoms with E-state index in [4.69, 9.17) is 11.6 Å². The summed E-state index contributed by atoms with van der Waals surface area (Å²) < 4.78 is 0. The number of anilines is 1. The van der Waals surface area contributed by atoms with Gasteiger partial charge in [-0.25, -0.2) is 0 Å². The van der Waals surface area contributed by atoms with E-state index < -0.39 is 0 Å². The maximum Gasteiger partial charge on any atom is 0.0820 e. The van der Waals surface area contributed by atoms with E-state index in [1.165, 1.54) is 0 Å². The average molecular weight is 227 g/mol. The van der Waals surface area contributed by atoms with Crippen LogP contribution in [-0.2, 0) is 0 Å². The first-order chi connectivity index (χ1) is 7.25. The number of halogens is 1. The Hall–Kier alpha value is -0.800. The van der Waals surface area contributed by atoms with Crippen molar-refractivity contribution in [1.29, 1.82) is 0 Å². The SMILES string of the molecule is OC1CCC(Nc2ccncc2Cl)CC1. The highest BCUT2D eigenvalue weighted by Gasteiger charge is 2.19. The minimum Gasteiger partial charge on any atom is -0.393 e. The highest BCUT2D eigenvalue weighted by atomic mass is 35.5. The summed E-state index contributed by atoms with van der Waals surface area (Å²) in [6.45, 7) is 0. The van der Waals surface area contributed by atoms with Gasteiger partial charge < -0.3 is 10.4 Å². The van der Waals surface area contributed by atoms with Crippen molar-refractivity contribution >= 4 is 17.3 Å². The molecule has 0 aromatic carbocycles. The van der Waals surface area contributed by atoms with Crippen molar-refractivity contribution in [3.63, 3.8) is 0 Å². The number of nitrogens with one attached hydrogen (secondary N) is 1. The van der Waals surface area contributed by atoms with Crippen molar-refractivity contribution in [3.8, 4) is 0 Å². The van der Waals surface area contributed by atoms with Crippen molar-refractivity contribution < 1.29 is 5.11 Å². The smallest absolute Gasteiger partial charge is 0.0820 e. The Morgan fingerprint density at radius 3 is 2.73 bits per heavy atom. The Morgan fingerprint density at radius 2 is 2.07 bits per heavy atom. The molecule has 2 N–H and O–H groups in total. The topological polar surface area (TPSA) is 45.1 Å². The first kappa shape index (κ1) is 10.7. The van der Waals surface area contributed by atoms with E-state index in [2.05, 4.69) is 10.3 Å². The third-order valence-electron chi connectivity index (χ3n) is 2.83. The van der Waals surface area contributed by atoms with Gasteiger partial charge in [-0.15, -0.1) is 0 Å². The summed E-state index contributed by atoms with van der Waals surface area (Å²) in [4.78, 5) is 3.94. The molecule has 1 aliphatic rings. The van der Waals surface area contributed by atoms with Crippen LogP contribution in [0.15, 0.2) is 18.5 Å². The van der Waals surface area contributed by atoms with Crippen molar-refractivity contribution in [2.75, 3.05) is 5.32 Å². The van der Waals surface area contributed by atoms with Gasteiger partial charge in [0.1, 0.15) is 0 Å². The summed E-state index contributed by atoms with van der Waals surface area (Å²) in [5, 5.41) is 13.4. The van der Waals surface area contributed by atoms with Crippen LogP contribution >= 0.6 is 11.6 Å². The summed E-state index contributed by atoms with van der Waals surface area (Å²) in [5.41, 5.74) is 0.938. The molecule has 0 bridgehead atoms. The minimum absolute atomic E-state index is 0.115. The monoisotopic (exact) mass is 226 g/mol. The van der Waals surface area contributed by atoms with Crippen LogP contribution in [0.1, 0.15) is 25.7 Å². The molecule has 1 heterocycles. The Bertz CT molecular complexity index is 324. The number of hydrogen-bond donors (Lipinski definition) is 2. The van der Waals surface area contributed by atoms with Gasteiger partial charge in [-0.2, -0.15) is 0 Å². The molecule has 3 nitrogen and oxygen atoms in total. The number of aliphatic hydroxyl groups excluding tert-OH is 1. The number of rotatable bonds is 2. The normalized spacial score (nSPS) is 26.3. The zero-order valence-corrected chi connectivity index (χ0v) is 9.24. The number of aromatic nitrogens is 1.